The molecule has 106 valence electrons. The van der Waals surface area contributed by atoms with E-state index in [1.807, 2.05) is 0 Å². The summed E-state index contributed by atoms with van der Waals surface area (Å²) in [7, 11) is 1.48. The highest BCUT2D eigenvalue weighted by Gasteiger charge is 2.13. The Hall–Kier alpha value is -1.54. The number of aliphatic hydroxyl groups is 1. The van der Waals surface area contributed by atoms with Crippen LogP contribution in [0.1, 0.15) is 6.92 Å². The molecule has 0 aromatic carbocycles. The number of rotatable bonds is 8. The van der Waals surface area contributed by atoms with Crippen molar-refractivity contribution in [3.8, 4) is 0 Å². The number of hydrogen-bond acceptors (Lipinski definition) is 8. The molecule has 0 rings (SSSR count). The fraction of sp³-hybridized carbons (Fsp3) is 0.800. The van der Waals surface area contributed by atoms with Crippen LogP contribution in [0.2, 0.25) is 0 Å². The molecule has 0 saturated heterocycles. The van der Waals surface area contributed by atoms with Crippen LogP contribution in [0.15, 0.2) is 0 Å². The van der Waals surface area contributed by atoms with Gasteiger partial charge in [0.2, 0.25) is 0 Å². The molecule has 0 radical (unpaired) electrons. The molecule has 0 aliphatic rings. The van der Waals surface area contributed by atoms with Gasteiger partial charge in [0.15, 0.2) is 0 Å². The molecule has 1 atom stereocenters. The summed E-state index contributed by atoms with van der Waals surface area (Å²) in [6, 6.07) is 0. The third kappa shape index (κ3) is 9.67. The molecule has 0 amide bonds. The van der Waals surface area contributed by atoms with E-state index < -0.39 is 18.4 Å². The molecule has 0 aliphatic heterocycles. The number of carbonyl (C=O) groups excluding carboxylic acids is 2. The molecule has 8 heteroatoms. The Labute approximate surface area is 105 Å². The van der Waals surface area contributed by atoms with Crippen molar-refractivity contribution in [3.63, 3.8) is 0 Å². The standard InChI is InChI=1S/C10H18O8/c1-8(7-17-9(12)15-4-3-11)18-10(13)16-6-5-14-2/h8,11H,3-7H2,1-2H3. The minimum Gasteiger partial charge on any atom is -0.432 e. The molecule has 0 aliphatic carbocycles. The van der Waals surface area contributed by atoms with Gasteiger partial charge in [0.05, 0.1) is 13.2 Å². The molecule has 8 nitrogen and oxygen atoms in total. The smallest absolute Gasteiger partial charge is 0.432 e. The lowest BCUT2D eigenvalue weighted by Crippen LogP contribution is -2.24. The number of hydrogen-bond donors (Lipinski definition) is 1. The lowest BCUT2D eigenvalue weighted by molar-refractivity contribution is -0.0177. The van der Waals surface area contributed by atoms with Crippen molar-refractivity contribution in [2.24, 2.45) is 0 Å². The first kappa shape index (κ1) is 16.5. The minimum absolute atomic E-state index is 0.0848. The third-order valence-corrected chi connectivity index (χ3v) is 1.55. The SMILES string of the molecule is COCCOC(=O)OC(C)COC(=O)OCCO. The molecular formula is C10H18O8. The Balaban J connectivity index is 3.60. The van der Waals surface area contributed by atoms with Gasteiger partial charge in [0, 0.05) is 7.11 Å². The van der Waals surface area contributed by atoms with Crippen molar-refractivity contribution in [2.45, 2.75) is 13.0 Å². The summed E-state index contributed by atoms with van der Waals surface area (Å²) >= 11 is 0. The molecule has 0 saturated carbocycles. The van der Waals surface area contributed by atoms with Gasteiger partial charge in [-0.2, -0.15) is 0 Å². The highest BCUT2D eigenvalue weighted by Crippen LogP contribution is 1.97. The van der Waals surface area contributed by atoms with Crippen LogP contribution in [0.3, 0.4) is 0 Å². The van der Waals surface area contributed by atoms with Gasteiger partial charge >= 0.3 is 12.3 Å². The van der Waals surface area contributed by atoms with Crippen LogP contribution >= 0.6 is 0 Å². The molecule has 0 fully saturated rings. The summed E-state index contributed by atoms with van der Waals surface area (Å²) in [6.07, 6.45) is -2.47. The number of aliphatic hydroxyl groups excluding tert-OH is 1. The maximum Gasteiger partial charge on any atom is 0.508 e. The van der Waals surface area contributed by atoms with E-state index in [0.717, 1.165) is 0 Å². The van der Waals surface area contributed by atoms with Gasteiger partial charge in [-0.25, -0.2) is 9.59 Å². The average molecular weight is 266 g/mol. The molecule has 0 spiro atoms. The van der Waals surface area contributed by atoms with E-state index in [1.54, 1.807) is 0 Å². The van der Waals surface area contributed by atoms with E-state index in [2.05, 4.69) is 18.9 Å². The predicted octanol–water partition coefficient (Wildman–Crippen LogP) is 0.320. The Morgan fingerprint density at radius 2 is 1.72 bits per heavy atom. The van der Waals surface area contributed by atoms with Crippen LogP contribution in [-0.2, 0) is 23.7 Å². The second kappa shape index (κ2) is 10.6. The van der Waals surface area contributed by atoms with E-state index >= 15 is 0 Å². The second-order valence-electron chi connectivity index (χ2n) is 3.15. The highest BCUT2D eigenvalue weighted by molar-refractivity contribution is 5.61. The molecular weight excluding hydrogens is 248 g/mol. The van der Waals surface area contributed by atoms with Gasteiger partial charge < -0.3 is 28.8 Å². The largest absolute Gasteiger partial charge is 0.508 e. The molecule has 0 aromatic heterocycles. The highest BCUT2D eigenvalue weighted by atomic mass is 16.8. The summed E-state index contributed by atoms with van der Waals surface area (Å²) in [4.78, 5) is 21.9. The average Bonchev–Trinajstić information content (AvgIpc) is 2.34. The van der Waals surface area contributed by atoms with Gasteiger partial charge in [-0.05, 0) is 6.92 Å². The lowest BCUT2D eigenvalue weighted by atomic mass is 10.4. The lowest BCUT2D eigenvalue weighted by Gasteiger charge is -2.13. The Morgan fingerprint density at radius 1 is 1.06 bits per heavy atom. The Bertz CT molecular complexity index is 242. The Morgan fingerprint density at radius 3 is 2.33 bits per heavy atom. The molecule has 0 heterocycles. The summed E-state index contributed by atoms with van der Waals surface area (Å²) in [5.41, 5.74) is 0. The van der Waals surface area contributed by atoms with Crippen LogP contribution in [-0.4, -0.2) is 63.7 Å². The maximum absolute atomic E-state index is 11.0. The van der Waals surface area contributed by atoms with Gasteiger partial charge in [-0.15, -0.1) is 0 Å². The van der Waals surface area contributed by atoms with Crippen molar-refractivity contribution in [1.82, 2.24) is 0 Å². The summed E-state index contributed by atoms with van der Waals surface area (Å²) in [6.45, 7) is 1.29. The zero-order chi connectivity index (χ0) is 13.8. The van der Waals surface area contributed by atoms with Crippen LogP contribution < -0.4 is 0 Å². The Kier molecular flexibility index (Phi) is 9.70. The first-order valence-corrected chi connectivity index (χ1v) is 5.33. The van der Waals surface area contributed by atoms with E-state index in [1.165, 1.54) is 14.0 Å². The third-order valence-electron chi connectivity index (χ3n) is 1.55. The maximum atomic E-state index is 11.0. The van der Waals surface area contributed by atoms with Crippen molar-refractivity contribution >= 4 is 12.3 Å². The van der Waals surface area contributed by atoms with Crippen LogP contribution in [0.25, 0.3) is 0 Å². The van der Waals surface area contributed by atoms with E-state index in [4.69, 9.17) is 9.84 Å². The fourth-order valence-corrected chi connectivity index (χ4v) is 0.797. The summed E-state index contributed by atoms with van der Waals surface area (Å²) in [5.74, 6) is 0. The van der Waals surface area contributed by atoms with Gasteiger partial charge in [0.25, 0.3) is 0 Å². The van der Waals surface area contributed by atoms with E-state index in [-0.39, 0.29) is 33.0 Å². The van der Waals surface area contributed by atoms with Gasteiger partial charge in [-0.1, -0.05) is 0 Å². The number of carbonyl (C=O) groups is 2. The van der Waals surface area contributed by atoms with Crippen molar-refractivity contribution < 1.29 is 38.4 Å². The van der Waals surface area contributed by atoms with Gasteiger partial charge in [-0.3, -0.25) is 0 Å². The van der Waals surface area contributed by atoms with Crippen LogP contribution in [0, 0.1) is 0 Å². The van der Waals surface area contributed by atoms with Crippen LogP contribution in [0.5, 0.6) is 0 Å². The molecule has 1 N–H and O–H groups in total. The molecule has 18 heavy (non-hydrogen) atoms. The predicted molar refractivity (Wildman–Crippen MR) is 58.2 cm³/mol. The summed E-state index contributed by atoms with van der Waals surface area (Å²) in [5, 5.41) is 8.39. The van der Waals surface area contributed by atoms with Crippen molar-refractivity contribution in [3.05, 3.63) is 0 Å². The van der Waals surface area contributed by atoms with Crippen molar-refractivity contribution in [2.75, 3.05) is 40.1 Å². The zero-order valence-electron chi connectivity index (χ0n) is 10.4. The normalized spacial score (nSPS) is 11.5. The molecule has 1 unspecified atom stereocenters. The minimum atomic E-state index is -0.938. The zero-order valence-corrected chi connectivity index (χ0v) is 10.4. The topological polar surface area (TPSA) is 101 Å². The molecule has 0 aromatic rings. The van der Waals surface area contributed by atoms with Gasteiger partial charge in [0.1, 0.15) is 25.9 Å². The monoisotopic (exact) mass is 266 g/mol. The quantitative estimate of drug-likeness (QED) is 0.495. The second-order valence-corrected chi connectivity index (χ2v) is 3.15. The summed E-state index contributed by atoms with van der Waals surface area (Å²) < 4.78 is 23.1. The number of ether oxygens (including phenoxy) is 5. The first-order valence-electron chi connectivity index (χ1n) is 5.33. The van der Waals surface area contributed by atoms with E-state index in [9.17, 15) is 9.59 Å². The fourth-order valence-electron chi connectivity index (χ4n) is 0.797. The number of methoxy groups -OCH3 is 1. The molecule has 0 bridgehead atoms. The first-order chi connectivity index (χ1) is 8.60. The van der Waals surface area contributed by atoms with E-state index in [0.29, 0.717) is 0 Å². The van der Waals surface area contributed by atoms with Crippen molar-refractivity contribution in [1.29, 1.82) is 0 Å². The van der Waals surface area contributed by atoms with Crippen LogP contribution in [0.4, 0.5) is 9.59 Å².